The molecule has 0 aliphatic heterocycles. The summed E-state index contributed by atoms with van der Waals surface area (Å²) in [5.74, 6) is -0.585. The second kappa shape index (κ2) is 8.54. The van der Waals surface area contributed by atoms with Crippen molar-refractivity contribution in [3.8, 4) is 11.5 Å². The summed E-state index contributed by atoms with van der Waals surface area (Å²) in [7, 11) is 2.76. The monoisotopic (exact) mass is 342 g/mol. The van der Waals surface area contributed by atoms with Crippen LogP contribution in [0, 0.1) is 0 Å². The summed E-state index contributed by atoms with van der Waals surface area (Å²) in [4.78, 5) is 23.1. The maximum atomic E-state index is 11.8. The molecule has 2 aromatic carbocycles. The fraction of sp³-hybridized carbons (Fsp3) is 0.158. The molecule has 1 N–H and O–H groups in total. The van der Waals surface area contributed by atoms with Crippen molar-refractivity contribution < 1.29 is 28.9 Å². The van der Waals surface area contributed by atoms with E-state index in [1.807, 2.05) is 0 Å². The lowest BCUT2D eigenvalue weighted by Gasteiger charge is -2.05. The second-order valence-electron chi connectivity index (χ2n) is 5.06. The highest BCUT2D eigenvalue weighted by molar-refractivity contribution is 5.89. The van der Waals surface area contributed by atoms with Crippen LogP contribution in [0.3, 0.4) is 0 Å². The van der Waals surface area contributed by atoms with Crippen molar-refractivity contribution in [3.05, 3.63) is 65.2 Å². The van der Waals surface area contributed by atoms with Crippen molar-refractivity contribution in [1.82, 2.24) is 0 Å². The van der Waals surface area contributed by atoms with Crippen molar-refractivity contribution in [1.29, 1.82) is 0 Å². The number of phenols is 1. The number of hydrogen-bond acceptors (Lipinski definition) is 6. The van der Waals surface area contributed by atoms with Gasteiger partial charge in [0.1, 0.15) is 6.61 Å². The van der Waals surface area contributed by atoms with Gasteiger partial charge in [0.2, 0.25) is 0 Å². The predicted molar refractivity (Wildman–Crippen MR) is 91.3 cm³/mol. The highest BCUT2D eigenvalue weighted by Crippen LogP contribution is 2.26. The maximum absolute atomic E-state index is 11.8. The van der Waals surface area contributed by atoms with Crippen LogP contribution in [-0.4, -0.2) is 31.3 Å². The molecule has 0 spiro atoms. The third kappa shape index (κ3) is 5.10. The van der Waals surface area contributed by atoms with Crippen LogP contribution in [-0.2, 0) is 20.9 Å². The molecule has 130 valence electrons. The summed E-state index contributed by atoms with van der Waals surface area (Å²) >= 11 is 0. The van der Waals surface area contributed by atoms with Crippen molar-refractivity contribution in [2.75, 3.05) is 14.2 Å². The van der Waals surface area contributed by atoms with E-state index in [-0.39, 0.29) is 12.4 Å². The lowest BCUT2D eigenvalue weighted by atomic mass is 10.1. The van der Waals surface area contributed by atoms with Crippen molar-refractivity contribution in [2.24, 2.45) is 0 Å². The lowest BCUT2D eigenvalue weighted by molar-refractivity contribution is -0.138. The first-order valence-corrected chi connectivity index (χ1v) is 7.42. The van der Waals surface area contributed by atoms with Crippen LogP contribution >= 0.6 is 0 Å². The Morgan fingerprint density at radius 1 is 1.08 bits per heavy atom. The van der Waals surface area contributed by atoms with Crippen LogP contribution < -0.4 is 4.74 Å². The Morgan fingerprint density at radius 3 is 2.44 bits per heavy atom. The lowest BCUT2D eigenvalue weighted by Crippen LogP contribution is -2.03. The number of carbonyl (C=O) groups is 2. The molecule has 0 aromatic heterocycles. The topological polar surface area (TPSA) is 82.1 Å². The highest BCUT2D eigenvalue weighted by Gasteiger charge is 2.05. The first-order valence-electron chi connectivity index (χ1n) is 7.42. The molecule has 25 heavy (non-hydrogen) atoms. The summed E-state index contributed by atoms with van der Waals surface area (Å²) in [5, 5.41) is 9.52. The largest absolute Gasteiger partial charge is 0.504 e. The van der Waals surface area contributed by atoms with E-state index in [2.05, 4.69) is 4.74 Å². The molecule has 0 heterocycles. The molecular weight excluding hydrogens is 324 g/mol. The number of esters is 2. The van der Waals surface area contributed by atoms with Crippen LogP contribution in [0.25, 0.3) is 6.08 Å². The van der Waals surface area contributed by atoms with E-state index >= 15 is 0 Å². The second-order valence-corrected chi connectivity index (χ2v) is 5.06. The van der Waals surface area contributed by atoms with Gasteiger partial charge in [0.15, 0.2) is 11.5 Å². The van der Waals surface area contributed by atoms with E-state index in [0.29, 0.717) is 16.9 Å². The molecule has 0 aliphatic carbocycles. The fourth-order valence-electron chi connectivity index (χ4n) is 2.02. The number of aromatic hydroxyl groups is 1. The van der Waals surface area contributed by atoms with Crippen LogP contribution in [0.4, 0.5) is 0 Å². The molecule has 6 nitrogen and oxygen atoms in total. The van der Waals surface area contributed by atoms with E-state index < -0.39 is 11.9 Å². The van der Waals surface area contributed by atoms with Crippen LogP contribution in [0.2, 0.25) is 0 Å². The first-order chi connectivity index (χ1) is 12.0. The SMILES string of the molecule is COC(=O)c1ccc(COC(=O)/C=C/c2ccc(O)c(OC)c2)cc1. The molecule has 0 radical (unpaired) electrons. The van der Waals surface area contributed by atoms with Crippen LogP contribution in [0.5, 0.6) is 11.5 Å². The Kier molecular flexibility index (Phi) is 6.17. The molecule has 2 aromatic rings. The first kappa shape index (κ1) is 18.1. The normalized spacial score (nSPS) is 10.5. The average Bonchev–Trinajstić information content (AvgIpc) is 2.65. The van der Waals surface area contributed by atoms with E-state index in [9.17, 15) is 14.7 Å². The van der Waals surface area contributed by atoms with Gasteiger partial charge in [0.05, 0.1) is 19.8 Å². The van der Waals surface area contributed by atoms with E-state index in [0.717, 1.165) is 5.56 Å². The van der Waals surface area contributed by atoms with Gasteiger partial charge in [-0.1, -0.05) is 18.2 Å². The highest BCUT2D eigenvalue weighted by atomic mass is 16.5. The number of carbonyl (C=O) groups excluding carboxylic acids is 2. The smallest absolute Gasteiger partial charge is 0.337 e. The van der Waals surface area contributed by atoms with Gasteiger partial charge in [0.25, 0.3) is 0 Å². The molecule has 0 saturated carbocycles. The molecule has 0 unspecified atom stereocenters. The van der Waals surface area contributed by atoms with Crippen molar-refractivity contribution in [2.45, 2.75) is 6.61 Å². The number of methoxy groups -OCH3 is 2. The van der Waals surface area contributed by atoms with Gasteiger partial charge in [-0.05, 0) is 41.5 Å². The van der Waals surface area contributed by atoms with Crippen molar-refractivity contribution >= 4 is 18.0 Å². The summed E-state index contributed by atoms with van der Waals surface area (Å²) in [6, 6.07) is 11.3. The zero-order valence-electron chi connectivity index (χ0n) is 13.9. The van der Waals surface area contributed by atoms with E-state index in [1.54, 1.807) is 42.5 Å². The van der Waals surface area contributed by atoms with Crippen LogP contribution in [0.1, 0.15) is 21.5 Å². The number of benzene rings is 2. The molecule has 0 saturated heterocycles. The van der Waals surface area contributed by atoms with Crippen LogP contribution in [0.15, 0.2) is 48.5 Å². The van der Waals surface area contributed by atoms with Gasteiger partial charge in [-0.25, -0.2) is 9.59 Å². The van der Waals surface area contributed by atoms with Crippen molar-refractivity contribution in [3.63, 3.8) is 0 Å². The number of rotatable bonds is 6. The third-order valence-corrected chi connectivity index (χ3v) is 3.37. The van der Waals surface area contributed by atoms with Gasteiger partial charge < -0.3 is 19.3 Å². The standard InChI is InChI=1S/C19H18O6/c1-23-17-11-13(5-9-16(17)20)6-10-18(21)25-12-14-3-7-15(8-4-14)19(22)24-2/h3-11,20H,12H2,1-2H3/b10-6+. The summed E-state index contributed by atoms with van der Waals surface area (Å²) in [6.45, 7) is 0.0868. The minimum Gasteiger partial charge on any atom is -0.504 e. The average molecular weight is 342 g/mol. The molecule has 0 bridgehead atoms. The molecule has 6 heteroatoms. The third-order valence-electron chi connectivity index (χ3n) is 3.37. The Morgan fingerprint density at radius 2 is 1.80 bits per heavy atom. The molecule has 0 aliphatic rings. The number of ether oxygens (including phenoxy) is 3. The minimum atomic E-state index is -0.510. The van der Waals surface area contributed by atoms with E-state index in [1.165, 1.54) is 26.4 Å². The molecule has 0 fully saturated rings. The predicted octanol–water partition coefficient (Wildman–Crippen LogP) is 2.94. The zero-order valence-corrected chi connectivity index (χ0v) is 13.9. The number of phenolic OH excluding ortho intramolecular Hbond substituents is 1. The van der Waals surface area contributed by atoms with Gasteiger partial charge in [-0.15, -0.1) is 0 Å². The Bertz CT molecular complexity index is 777. The van der Waals surface area contributed by atoms with Gasteiger partial charge in [0, 0.05) is 6.08 Å². The molecule has 0 atom stereocenters. The molecular formula is C19H18O6. The molecule has 0 amide bonds. The van der Waals surface area contributed by atoms with E-state index in [4.69, 9.17) is 9.47 Å². The quantitative estimate of drug-likeness (QED) is 0.642. The van der Waals surface area contributed by atoms with Gasteiger partial charge >= 0.3 is 11.9 Å². The Labute approximate surface area is 145 Å². The number of hydrogen-bond donors (Lipinski definition) is 1. The Balaban J connectivity index is 1.91. The Hall–Kier alpha value is -3.28. The molecule has 2 rings (SSSR count). The van der Waals surface area contributed by atoms with Gasteiger partial charge in [-0.3, -0.25) is 0 Å². The minimum absolute atomic E-state index is 0.0256. The zero-order chi connectivity index (χ0) is 18.2. The summed E-state index contributed by atoms with van der Waals surface area (Å²) in [5.41, 5.74) is 1.87. The maximum Gasteiger partial charge on any atom is 0.337 e. The summed E-state index contributed by atoms with van der Waals surface area (Å²) < 4.78 is 14.7. The van der Waals surface area contributed by atoms with Gasteiger partial charge in [-0.2, -0.15) is 0 Å². The summed E-state index contributed by atoms with van der Waals surface area (Å²) in [6.07, 6.45) is 2.85. The fourth-order valence-corrected chi connectivity index (χ4v) is 2.02.